The average Bonchev–Trinajstić information content (AvgIpc) is 3.43. The van der Waals surface area contributed by atoms with E-state index in [1.54, 1.807) is 7.11 Å². The van der Waals surface area contributed by atoms with Gasteiger partial charge in [-0.2, -0.15) is 0 Å². The van der Waals surface area contributed by atoms with E-state index in [4.69, 9.17) is 14.1 Å². The van der Waals surface area contributed by atoms with E-state index in [2.05, 4.69) is 13.0 Å². The first-order chi connectivity index (χ1) is 14.7. The van der Waals surface area contributed by atoms with Crippen molar-refractivity contribution in [1.82, 2.24) is 9.88 Å². The van der Waals surface area contributed by atoms with Crippen molar-refractivity contribution in [3.63, 3.8) is 0 Å². The number of ether oxygens (including phenoxy) is 1. The van der Waals surface area contributed by atoms with Crippen molar-refractivity contribution in [2.45, 2.75) is 57.9 Å². The zero-order chi connectivity index (χ0) is 20.9. The molecule has 3 aromatic rings. The van der Waals surface area contributed by atoms with E-state index in [1.165, 1.54) is 12.8 Å². The van der Waals surface area contributed by atoms with E-state index in [9.17, 15) is 4.79 Å². The maximum absolute atomic E-state index is 12.8. The number of carbonyl (C=O) groups excluding carboxylic acids is 1. The molecule has 0 N–H and O–H groups in total. The van der Waals surface area contributed by atoms with Crippen LogP contribution in [-0.4, -0.2) is 29.4 Å². The Bertz CT molecular complexity index is 1010. The molecule has 158 valence electrons. The van der Waals surface area contributed by atoms with Crippen LogP contribution < -0.4 is 4.74 Å². The van der Waals surface area contributed by atoms with Crippen molar-refractivity contribution < 1.29 is 13.9 Å². The average molecular weight is 407 g/mol. The van der Waals surface area contributed by atoms with Gasteiger partial charge in [-0.15, -0.1) is 0 Å². The fourth-order valence-electron chi connectivity index (χ4n) is 4.24. The molecular weight excluding hydrogens is 376 g/mol. The molecule has 1 amide bonds. The molecule has 5 nitrogen and oxygen atoms in total. The monoisotopic (exact) mass is 406 g/mol. The molecule has 1 saturated heterocycles. The Hall–Kier alpha value is -2.82. The lowest BCUT2D eigenvalue weighted by Gasteiger charge is -2.22. The van der Waals surface area contributed by atoms with E-state index in [1.807, 2.05) is 41.3 Å². The highest BCUT2D eigenvalue weighted by Gasteiger charge is 2.33. The van der Waals surface area contributed by atoms with Gasteiger partial charge in [0, 0.05) is 13.0 Å². The number of oxazole rings is 1. The van der Waals surface area contributed by atoms with E-state index < -0.39 is 0 Å². The standard InChI is InChI=1S/C25H30N2O3/c1-3-4-5-6-12-24(28)27-15-8-11-22(27)25-26-21-17-19(13-14-23(21)30-25)18-9-7-10-20(16-18)29-2/h7,9-10,13-14,16-17,22H,3-6,8,11-12,15H2,1-2H3. The molecule has 0 radical (unpaired) electrons. The molecule has 1 fully saturated rings. The minimum atomic E-state index is -0.0451. The van der Waals surface area contributed by atoms with Crippen molar-refractivity contribution in [2.75, 3.05) is 13.7 Å². The third-order valence-corrected chi connectivity index (χ3v) is 5.91. The van der Waals surface area contributed by atoms with Crippen molar-refractivity contribution in [2.24, 2.45) is 0 Å². The molecule has 1 atom stereocenters. The van der Waals surface area contributed by atoms with Crippen molar-refractivity contribution in [3.8, 4) is 16.9 Å². The largest absolute Gasteiger partial charge is 0.497 e. The number of amides is 1. The second-order valence-corrected chi connectivity index (χ2v) is 8.02. The molecule has 1 unspecified atom stereocenters. The van der Waals surface area contributed by atoms with Gasteiger partial charge in [0.25, 0.3) is 0 Å². The van der Waals surface area contributed by atoms with Gasteiger partial charge in [0.1, 0.15) is 17.3 Å². The Morgan fingerprint density at radius 1 is 1.17 bits per heavy atom. The number of methoxy groups -OCH3 is 1. The number of fused-ring (bicyclic) bond motifs is 1. The first kappa shape index (κ1) is 20.5. The summed E-state index contributed by atoms with van der Waals surface area (Å²) in [6, 6.07) is 14.0. The van der Waals surface area contributed by atoms with Crippen LogP contribution in [0, 0.1) is 0 Å². The van der Waals surface area contributed by atoms with Gasteiger partial charge < -0.3 is 14.1 Å². The number of hydrogen-bond acceptors (Lipinski definition) is 4. The minimum absolute atomic E-state index is 0.0451. The Balaban J connectivity index is 1.53. The fraction of sp³-hybridized carbons (Fsp3) is 0.440. The molecule has 0 aliphatic carbocycles. The Morgan fingerprint density at radius 3 is 2.87 bits per heavy atom. The molecule has 5 heteroatoms. The minimum Gasteiger partial charge on any atom is -0.497 e. The van der Waals surface area contributed by atoms with Crippen LogP contribution in [0.5, 0.6) is 5.75 Å². The smallest absolute Gasteiger partial charge is 0.223 e. The lowest BCUT2D eigenvalue weighted by Crippen LogP contribution is -2.30. The maximum Gasteiger partial charge on any atom is 0.223 e. The SMILES string of the molecule is CCCCCCC(=O)N1CCCC1c1nc2cc(-c3cccc(OC)c3)ccc2o1. The number of nitrogens with zero attached hydrogens (tertiary/aromatic N) is 2. The zero-order valence-corrected chi connectivity index (χ0v) is 17.9. The van der Waals surface area contributed by atoms with Crippen LogP contribution >= 0.6 is 0 Å². The summed E-state index contributed by atoms with van der Waals surface area (Å²) in [5.74, 6) is 1.72. The molecule has 2 heterocycles. The second kappa shape index (κ2) is 9.33. The summed E-state index contributed by atoms with van der Waals surface area (Å²) in [6.07, 6.45) is 6.99. The first-order valence-electron chi connectivity index (χ1n) is 11.0. The zero-order valence-electron chi connectivity index (χ0n) is 17.9. The van der Waals surface area contributed by atoms with Crippen molar-refractivity contribution in [1.29, 1.82) is 0 Å². The van der Waals surface area contributed by atoms with Crippen LogP contribution in [0.1, 0.15) is 63.8 Å². The van der Waals surface area contributed by atoms with Gasteiger partial charge in [0.15, 0.2) is 5.58 Å². The Morgan fingerprint density at radius 2 is 2.03 bits per heavy atom. The summed E-state index contributed by atoms with van der Waals surface area (Å²) in [4.78, 5) is 19.5. The molecule has 30 heavy (non-hydrogen) atoms. The van der Waals surface area contributed by atoms with Gasteiger partial charge in [-0.3, -0.25) is 4.79 Å². The van der Waals surface area contributed by atoms with E-state index in [0.717, 1.165) is 60.2 Å². The third-order valence-electron chi connectivity index (χ3n) is 5.91. The third kappa shape index (κ3) is 4.35. The number of hydrogen-bond donors (Lipinski definition) is 0. The fourth-order valence-corrected chi connectivity index (χ4v) is 4.24. The summed E-state index contributed by atoms with van der Waals surface area (Å²) in [6.45, 7) is 2.98. The number of benzene rings is 2. The molecule has 2 aromatic carbocycles. The predicted octanol–water partition coefficient (Wildman–Crippen LogP) is 6.14. The van der Waals surface area contributed by atoms with Crippen LogP contribution in [0.25, 0.3) is 22.2 Å². The highest BCUT2D eigenvalue weighted by atomic mass is 16.5. The molecule has 0 saturated carbocycles. The number of rotatable bonds is 8. The molecule has 0 spiro atoms. The number of likely N-dealkylation sites (tertiary alicyclic amines) is 1. The lowest BCUT2D eigenvalue weighted by atomic mass is 10.1. The topological polar surface area (TPSA) is 55.6 Å². The highest BCUT2D eigenvalue weighted by Crippen LogP contribution is 2.35. The summed E-state index contributed by atoms with van der Waals surface area (Å²) in [5, 5.41) is 0. The van der Waals surface area contributed by atoms with Crippen LogP contribution in [0.15, 0.2) is 46.9 Å². The van der Waals surface area contributed by atoms with Gasteiger partial charge in [-0.05, 0) is 54.7 Å². The van der Waals surface area contributed by atoms with Crippen LogP contribution in [-0.2, 0) is 4.79 Å². The Kier molecular flexibility index (Phi) is 6.36. The number of carbonyl (C=O) groups is 1. The van der Waals surface area contributed by atoms with Gasteiger partial charge in [-0.25, -0.2) is 4.98 Å². The number of unbranched alkanes of at least 4 members (excludes halogenated alkanes) is 3. The summed E-state index contributed by atoms with van der Waals surface area (Å²) in [7, 11) is 1.67. The van der Waals surface area contributed by atoms with E-state index >= 15 is 0 Å². The first-order valence-corrected chi connectivity index (χ1v) is 11.0. The Labute approximate surface area is 178 Å². The van der Waals surface area contributed by atoms with Gasteiger partial charge in [0.05, 0.1) is 7.11 Å². The van der Waals surface area contributed by atoms with Gasteiger partial charge >= 0.3 is 0 Å². The summed E-state index contributed by atoms with van der Waals surface area (Å²) in [5.41, 5.74) is 3.73. The molecule has 4 rings (SSSR count). The number of aromatic nitrogens is 1. The molecular formula is C25H30N2O3. The molecule has 0 bridgehead atoms. The van der Waals surface area contributed by atoms with Crippen molar-refractivity contribution >= 4 is 17.0 Å². The van der Waals surface area contributed by atoms with Crippen LogP contribution in [0.4, 0.5) is 0 Å². The molecule has 1 aliphatic heterocycles. The molecule has 1 aliphatic rings. The van der Waals surface area contributed by atoms with E-state index in [0.29, 0.717) is 12.3 Å². The van der Waals surface area contributed by atoms with Crippen molar-refractivity contribution in [3.05, 3.63) is 48.4 Å². The van der Waals surface area contributed by atoms with Gasteiger partial charge in [0.2, 0.25) is 11.8 Å². The van der Waals surface area contributed by atoms with Crippen LogP contribution in [0.2, 0.25) is 0 Å². The second-order valence-electron chi connectivity index (χ2n) is 8.02. The lowest BCUT2D eigenvalue weighted by molar-refractivity contribution is -0.132. The maximum atomic E-state index is 12.8. The molecule has 1 aromatic heterocycles. The summed E-state index contributed by atoms with van der Waals surface area (Å²) >= 11 is 0. The normalized spacial score (nSPS) is 16.3. The predicted molar refractivity (Wildman–Crippen MR) is 118 cm³/mol. The quantitative estimate of drug-likeness (QED) is 0.422. The summed E-state index contributed by atoms with van der Waals surface area (Å²) < 4.78 is 11.4. The van der Waals surface area contributed by atoms with Crippen LogP contribution in [0.3, 0.4) is 0 Å². The highest BCUT2D eigenvalue weighted by molar-refractivity contribution is 5.81. The van der Waals surface area contributed by atoms with Gasteiger partial charge in [-0.1, -0.05) is 44.4 Å². The van der Waals surface area contributed by atoms with E-state index in [-0.39, 0.29) is 11.9 Å².